The molecule has 0 atom stereocenters. The SMILES string of the molecule is COc1cccc(-c2ccc(COC3CN(C#N)C3)cc2)c1OC. The summed E-state index contributed by atoms with van der Waals surface area (Å²) in [4.78, 5) is 1.68. The molecule has 5 nitrogen and oxygen atoms in total. The van der Waals surface area contributed by atoms with Gasteiger partial charge < -0.3 is 19.1 Å². The van der Waals surface area contributed by atoms with E-state index in [0.29, 0.717) is 19.7 Å². The van der Waals surface area contributed by atoms with E-state index in [4.69, 9.17) is 19.5 Å². The Balaban J connectivity index is 1.68. The number of benzene rings is 2. The Kier molecular flexibility index (Phi) is 4.88. The van der Waals surface area contributed by atoms with Crippen LogP contribution in [0.15, 0.2) is 42.5 Å². The van der Waals surface area contributed by atoms with Crippen LogP contribution in [0.3, 0.4) is 0 Å². The largest absolute Gasteiger partial charge is 0.493 e. The number of likely N-dealkylation sites (tertiary alicyclic amines) is 1. The average molecular weight is 324 g/mol. The summed E-state index contributed by atoms with van der Waals surface area (Å²) in [5.41, 5.74) is 3.16. The van der Waals surface area contributed by atoms with Crippen LogP contribution in [0.1, 0.15) is 5.56 Å². The third-order valence-corrected chi connectivity index (χ3v) is 4.14. The van der Waals surface area contributed by atoms with Crippen LogP contribution in [-0.4, -0.2) is 38.3 Å². The lowest BCUT2D eigenvalue weighted by Crippen LogP contribution is -2.49. The molecule has 5 heteroatoms. The van der Waals surface area contributed by atoms with Gasteiger partial charge in [-0.25, -0.2) is 0 Å². The second-order valence-electron chi connectivity index (χ2n) is 5.68. The molecule has 24 heavy (non-hydrogen) atoms. The molecule has 0 spiro atoms. The number of methoxy groups -OCH3 is 2. The highest BCUT2D eigenvalue weighted by Gasteiger charge is 2.26. The number of ether oxygens (including phenoxy) is 3. The molecule has 1 aliphatic rings. The highest BCUT2D eigenvalue weighted by atomic mass is 16.5. The van der Waals surface area contributed by atoms with Crippen molar-refractivity contribution in [1.29, 1.82) is 5.26 Å². The van der Waals surface area contributed by atoms with Crippen molar-refractivity contribution in [2.45, 2.75) is 12.7 Å². The first-order valence-corrected chi connectivity index (χ1v) is 7.81. The van der Waals surface area contributed by atoms with E-state index in [1.807, 2.05) is 18.2 Å². The molecule has 0 N–H and O–H groups in total. The van der Waals surface area contributed by atoms with Crippen molar-refractivity contribution in [3.63, 3.8) is 0 Å². The number of hydrogen-bond donors (Lipinski definition) is 0. The number of rotatable bonds is 6. The second kappa shape index (κ2) is 7.24. The molecule has 0 radical (unpaired) electrons. The van der Waals surface area contributed by atoms with E-state index in [-0.39, 0.29) is 6.10 Å². The summed E-state index contributed by atoms with van der Waals surface area (Å²) < 4.78 is 16.6. The Morgan fingerprint density at radius 1 is 1.08 bits per heavy atom. The van der Waals surface area contributed by atoms with Crippen LogP contribution < -0.4 is 9.47 Å². The highest BCUT2D eigenvalue weighted by Crippen LogP contribution is 2.37. The smallest absolute Gasteiger partial charge is 0.179 e. The minimum atomic E-state index is 0.155. The summed E-state index contributed by atoms with van der Waals surface area (Å²) in [6.45, 7) is 1.94. The minimum absolute atomic E-state index is 0.155. The van der Waals surface area contributed by atoms with E-state index < -0.39 is 0 Å². The van der Waals surface area contributed by atoms with Crippen LogP contribution in [0.4, 0.5) is 0 Å². The van der Waals surface area contributed by atoms with Crippen molar-refractivity contribution in [2.24, 2.45) is 0 Å². The average Bonchev–Trinajstić information content (AvgIpc) is 2.60. The van der Waals surface area contributed by atoms with E-state index >= 15 is 0 Å². The quantitative estimate of drug-likeness (QED) is 0.765. The predicted octanol–water partition coefficient (Wildman–Crippen LogP) is 3.05. The zero-order chi connectivity index (χ0) is 16.9. The third kappa shape index (κ3) is 3.29. The van der Waals surface area contributed by atoms with Gasteiger partial charge in [-0.15, -0.1) is 0 Å². The van der Waals surface area contributed by atoms with Crippen LogP contribution in [0, 0.1) is 11.5 Å². The van der Waals surface area contributed by atoms with Gasteiger partial charge in [0.2, 0.25) is 0 Å². The maximum atomic E-state index is 8.71. The molecule has 0 aliphatic carbocycles. The van der Waals surface area contributed by atoms with Gasteiger partial charge in [-0.3, -0.25) is 0 Å². The zero-order valence-corrected chi connectivity index (χ0v) is 13.9. The molecule has 1 heterocycles. The first-order valence-electron chi connectivity index (χ1n) is 7.81. The van der Waals surface area contributed by atoms with Gasteiger partial charge in [0.15, 0.2) is 17.7 Å². The Bertz CT molecular complexity index is 731. The molecule has 0 unspecified atom stereocenters. The lowest BCUT2D eigenvalue weighted by molar-refractivity contribution is -0.0400. The summed E-state index contributed by atoms with van der Waals surface area (Å²) in [5.74, 6) is 1.45. The molecule has 0 bridgehead atoms. The van der Waals surface area contributed by atoms with Gasteiger partial charge in [-0.1, -0.05) is 36.4 Å². The van der Waals surface area contributed by atoms with Gasteiger partial charge in [-0.05, 0) is 17.2 Å². The van der Waals surface area contributed by atoms with Crippen molar-refractivity contribution < 1.29 is 14.2 Å². The summed E-state index contributed by atoms with van der Waals surface area (Å²) in [5, 5.41) is 8.71. The Hall–Kier alpha value is -2.71. The van der Waals surface area contributed by atoms with Gasteiger partial charge in [0, 0.05) is 5.56 Å². The van der Waals surface area contributed by atoms with Crippen molar-refractivity contribution in [1.82, 2.24) is 4.90 Å². The Morgan fingerprint density at radius 3 is 2.46 bits per heavy atom. The second-order valence-corrected chi connectivity index (χ2v) is 5.68. The molecule has 124 valence electrons. The lowest BCUT2D eigenvalue weighted by atomic mass is 10.0. The fourth-order valence-corrected chi connectivity index (χ4v) is 2.73. The van der Waals surface area contributed by atoms with Crippen LogP contribution in [-0.2, 0) is 11.3 Å². The van der Waals surface area contributed by atoms with E-state index in [0.717, 1.165) is 28.2 Å². The molecule has 1 fully saturated rings. The standard InChI is InChI=1S/C19H20N2O3/c1-22-18-5-3-4-17(19(18)23-2)15-8-6-14(7-9-15)12-24-16-10-21(11-16)13-20/h3-9,16H,10-12H2,1-2H3. The maximum absolute atomic E-state index is 8.71. The summed E-state index contributed by atoms with van der Waals surface area (Å²) >= 11 is 0. The van der Waals surface area contributed by atoms with E-state index in [2.05, 4.69) is 30.5 Å². The topological polar surface area (TPSA) is 54.7 Å². The molecule has 0 saturated carbocycles. The van der Waals surface area contributed by atoms with Gasteiger partial charge >= 0.3 is 0 Å². The number of hydrogen-bond acceptors (Lipinski definition) is 5. The van der Waals surface area contributed by atoms with Crippen molar-refractivity contribution in [3.05, 3.63) is 48.0 Å². The third-order valence-electron chi connectivity index (χ3n) is 4.14. The highest BCUT2D eigenvalue weighted by molar-refractivity contribution is 5.73. The summed E-state index contributed by atoms with van der Waals surface area (Å²) in [6, 6.07) is 14.1. The molecule has 2 aromatic rings. The first-order chi connectivity index (χ1) is 11.7. The monoisotopic (exact) mass is 324 g/mol. The van der Waals surface area contributed by atoms with Gasteiger partial charge in [0.25, 0.3) is 0 Å². The molecule has 3 rings (SSSR count). The molecular weight excluding hydrogens is 304 g/mol. The summed E-state index contributed by atoms with van der Waals surface area (Å²) in [7, 11) is 3.28. The van der Waals surface area contributed by atoms with Crippen LogP contribution in [0.2, 0.25) is 0 Å². The maximum Gasteiger partial charge on any atom is 0.179 e. The van der Waals surface area contributed by atoms with Crippen molar-refractivity contribution in [2.75, 3.05) is 27.3 Å². The zero-order valence-electron chi connectivity index (χ0n) is 13.9. The molecule has 1 saturated heterocycles. The molecule has 0 aromatic heterocycles. The van der Waals surface area contributed by atoms with Gasteiger partial charge in [-0.2, -0.15) is 5.26 Å². The number of para-hydroxylation sites is 1. The van der Waals surface area contributed by atoms with Gasteiger partial charge in [0.05, 0.1) is 40.0 Å². The predicted molar refractivity (Wildman–Crippen MR) is 90.7 cm³/mol. The Labute approximate surface area is 142 Å². The molecule has 1 aliphatic heterocycles. The molecule has 2 aromatic carbocycles. The van der Waals surface area contributed by atoms with Crippen molar-refractivity contribution >= 4 is 0 Å². The fraction of sp³-hybridized carbons (Fsp3) is 0.316. The minimum Gasteiger partial charge on any atom is -0.493 e. The first kappa shape index (κ1) is 16.2. The Morgan fingerprint density at radius 2 is 1.83 bits per heavy atom. The number of nitriles is 1. The van der Waals surface area contributed by atoms with E-state index in [1.165, 1.54) is 0 Å². The van der Waals surface area contributed by atoms with Crippen molar-refractivity contribution in [3.8, 4) is 28.8 Å². The van der Waals surface area contributed by atoms with E-state index in [1.54, 1.807) is 19.1 Å². The number of nitrogens with zero attached hydrogens (tertiary/aromatic N) is 2. The normalized spacial score (nSPS) is 14.0. The summed E-state index contributed by atoms with van der Waals surface area (Å²) in [6.07, 6.45) is 2.26. The van der Waals surface area contributed by atoms with Crippen LogP contribution >= 0.6 is 0 Å². The van der Waals surface area contributed by atoms with Gasteiger partial charge in [0.1, 0.15) is 0 Å². The fourth-order valence-electron chi connectivity index (χ4n) is 2.73. The lowest BCUT2D eigenvalue weighted by Gasteiger charge is -2.34. The van der Waals surface area contributed by atoms with E-state index in [9.17, 15) is 0 Å². The molecule has 0 amide bonds. The van der Waals surface area contributed by atoms with Crippen LogP contribution in [0.5, 0.6) is 11.5 Å². The molecular formula is C19H20N2O3. The van der Waals surface area contributed by atoms with Crippen LogP contribution in [0.25, 0.3) is 11.1 Å².